The first kappa shape index (κ1) is 19.8. The van der Waals surface area contributed by atoms with Gasteiger partial charge in [-0.05, 0) is 29.8 Å². The first-order chi connectivity index (χ1) is 13.0. The minimum absolute atomic E-state index is 0.0858. The van der Waals surface area contributed by atoms with Gasteiger partial charge in [-0.25, -0.2) is 0 Å². The van der Waals surface area contributed by atoms with Gasteiger partial charge in [-0.2, -0.15) is 0 Å². The zero-order valence-electron chi connectivity index (χ0n) is 14.5. The van der Waals surface area contributed by atoms with Crippen molar-refractivity contribution in [3.05, 3.63) is 69.2 Å². The molecule has 0 aromatic heterocycles. The van der Waals surface area contributed by atoms with Crippen molar-refractivity contribution in [3.8, 4) is 0 Å². The summed E-state index contributed by atoms with van der Waals surface area (Å²) in [6.45, 7) is 1.96. The van der Waals surface area contributed by atoms with Crippen LogP contribution in [0.5, 0.6) is 0 Å². The highest BCUT2D eigenvalue weighted by molar-refractivity contribution is 9.10. The van der Waals surface area contributed by atoms with Crippen molar-refractivity contribution < 1.29 is 14.3 Å². The summed E-state index contributed by atoms with van der Waals surface area (Å²) in [6, 6.07) is 14.6. The topological polar surface area (TPSA) is 70.7 Å². The Labute approximate surface area is 170 Å². The number of hydrogen-bond acceptors (Lipinski definition) is 4. The molecule has 2 N–H and O–H groups in total. The molecule has 1 heterocycles. The predicted octanol–water partition coefficient (Wildman–Crippen LogP) is 2.94. The Morgan fingerprint density at radius 3 is 2.63 bits per heavy atom. The van der Waals surface area contributed by atoms with Crippen LogP contribution in [-0.4, -0.2) is 43.0 Å². The molecule has 0 bridgehead atoms. The number of nitrogens with zero attached hydrogens (tertiary/aromatic N) is 1. The molecule has 6 nitrogen and oxygen atoms in total. The van der Waals surface area contributed by atoms with Crippen molar-refractivity contribution in [1.29, 1.82) is 0 Å². The van der Waals surface area contributed by atoms with E-state index in [0.717, 1.165) is 10.0 Å². The quantitative estimate of drug-likeness (QED) is 0.700. The second kappa shape index (κ2) is 9.32. The van der Waals surface area contributed by atoms with E-state index in [2.05, 4.69) is 26.8 Å². The molecule has 27 heavy (non-hydrogen) atoms. The van der Waals surface area contributed by atoms with Gasteiger partial charge >= 0.3 is 0 Å². The molecule has 0 spiro atoms. The van der Waals surface area contributed by atoms with E-state index in [0.29, 0.717) is 30.3 Å². The molecule has 1 unspecified atom stereocenters. The van der Waals surface area contributed by atoms with Crippen LogP contribution in [0.4, 0.5) is 0 Å². The Hall–Kier alpha value is -1.93. The van der Waals surface area contributed by atoms with Crippen LogP contribution in [0.2, 0.25) is 5.02 Å². The average molecular weight is 453 g/mol. The van der Waals surface area contributed by atoms with E-state index in [1.54, 1.807) is 24.3 Å². The van der Waals surface area contributed by atoms with E-state index in [4.69, 9.17) is 16.3 Å². The SMILES string of the molecule is O=C(CN1CCOC(c2ccc(Br)cc2)C1)NNC(=O)c1ccccc1Cl. The van der Waals surface area contributed by atoms with Gasteiger partial charge in [0.1, 0.15) is 0 Å². The van der Waals surface area contributed by atoms with E-state index in [9.17, 15) is 9.59 Å². The molecule has 1 aliphatic rings. The van der Waals surface area contributed by atoms with E-state index < -0.39 is 5.91 Å². The highest BCUT2D eigenvalue weighted by atomic mass is 79.9. The summed E-state index contributed by atoms with van der Waals surface area (Å²) in [7, 11) is 0. The Morgan fingerprint density at radius 2 is 1.89 bits per heavy atom. The Bertz CT molecular complexity index is 816. The molecule has 142 valence electrons. The minimum atomic E-state index is -0.455. The van der Waals surface area contributed by atoms with Crippen LogP contribution in [-0.2, 0) is 9.53 Å². The molecule has 2 aromatic rings. The molecule has 2 amide bonds. The number of amides is 2. The van der Waals surface area contributed by atoms with Crippen LogP contribution >= 0.6 is 27.5 Å². The molecule has 8 heteroatoms. The molecule has 2 aromatic carbocycles. The van der Waals surface area contributed by atoms with Crippen molar-refractivity contribution in [2.45, 2.75) is 6.10 Å². The van der Waals surface area contributed by atoms with E-state index >= 15 is 0 Å². The molecule has 1 aliphatic heterocycles. The van der Waals surface area contributed by atoms with Crippen LogP contribution in [0.15, 0.2) is 53.0 Å². The fourth-order valence-corrected chi connectivity index (χ4v) is 3.29. The van der Waals surface area contributed by atoms with Gasteiger partial charge in [-0.3, -0.25) is 25.3 Å². The lowest BCUT2D eigenvalue weighted by Gasteiger charge is -2.32. The number of hydrogen-bond donors (Lipinski definition) is 2. The number of ether oxygens (including phenoxy) is 1. The van der Waals surface area contributed by atoms with Gasteiger partial charge in [0, 0.05) is 17.6 Å². The number of rotatable bonds is 4. The second-order valence-corrected chi connectivity index (χ2v) is 7.45. The molecule has 0 radical (unpaired) electrons. The number of carbonyl (C=O) groups excluding carboxylic acids is 2. The first-order valence-electron chi connectivity index (χ1n) is 8.46. The van der Waals surface area contributed by atoms with Gasteiger partial charge < -0.3 is 4.74 Å². The summed E-state index contributed by atoms with van der Waals surface area (Å²) in [5.74, 6) is -0.754. The molecule has 3 rings (SSSR count). The van der Waals surface area contributed by atoms with Crippen LogP contribution in [0, 0.1) is 0 Å². The van der Waals surface area contributed by atoms with Crippen molar-refractivity contribution in [1.82, 2.24) is 15.8 Å². The molecule has 1 fully saturated rings. The fourth-order valence-electron chi connectivity index (χ4n) is 2.81. The van der Waals surface area contributed by atoms with Gasteiger partial charge in [-0.15, -0.1) is 0 Å². The zero-order valence-corrected chi connectivity index (χ0v) is 16.8. The van der Waals surface area contributed by atoms with Crippen molar-refractivity contribution in [3.63, 3.8) is 0 Å². The summed E-state index contributed by atoms with van der Waals surface area (Å²) < 4.78 is 6.82. The first-order valence-corrected chi connectivity index (χ1v) is 9.63. The van der Waals surface area contributed by atoms with Crippen LogP contribution < -0.4 is 10.9 Å². The zero-order chi connectivity index (χ0) is 19.2. The molecule has 0 aliphatic carbocycles. The van der Waals surface area contributed by atoms with Gasteiger partial charge in [0.15, 0.2) is 0 Å². The smallest absolute Gasteiger partial charge is 0.271 e. The molecule has 0 saturated carbocycles. The lowest BCUT2D eigenvalue weighted by Crippen LogP contribution is -2.49. The number of morpholine rings is 1. The van der Waals surface area contributed by atoms with Gasteiger partial charge in [0.25, 0.3) is 11.8 Å². The van der Waals surface area contributed by atoms with Crippen LogP contribution in [0.1, 0.15) is 22.0 Å². The standard InChI is InChI=1S/C19H19BrClN3O3/c20-14-7-5-13(6-8-14)17-11-24(9-10-27-17)12-18(25)22-23-19(26)15-3-1-2-4-16(15)21/h1-8,17H,9-12H2,(H,22,25)(H,23,26). The van der Waals surface area contributed by atoms with E-state index in [1.165, 1.54) is 0 Å². The van der Waals surface area contributed by atoms with Gasteiger partial charge in [0.05, 0.1) is 29.8 Å². The Balaban J connectivity index is 1.49. The highest BCUT2D eigenvalue weighted by Crippen LogP contribution is 2.23. The third kappa shape index (κ3) is 5.52. The fraction of sp³-hybridized carbons (Fsp3) is 0.263. The summed E-state index contributed by atoms with van der Waals surface area (Å²) in [5, 5.41) is 0.328. The third-order valence-electron chi connectivity index (χ3n) is 4.19. The largest absolute Gasteiger partial charge is 0.371 e. The predicted molar refractivity (Wildman–Crippen MR) is 106 cm³/mol. The Kier molecular flexibility index (Phi) is 6.84. The Morgan fingerprint density at radius 1 is 1.15 bits per heavy atom. The van der Waals surface area contributed by atoms with Crippen molar-refractivity contribution >= 4 is 39.3 Å². The van der Waals surface area contributed by atoms with Crippen molar-refractivity contribution in [2.24, 2.45) is 0 Å². The maximum Gasteiger partial charge on any atom is 0.271 e. The summed E-state index contributed by atoms with van der Waals surface area (Å²) in [5.41, 5.74) is 6.20. The minimum Gasteiger partial charge on any atom is -0.371 e. The van der Waals surface area contributed by atoms with E-state index in [1.807, 2.05) is 29.2 Å². The molecule has 1 atom stereocenters. The average Bonchev–Trinajstić information content (AvgIpc) is 2.67. The van der Waals surface area contributed by atoms with Crippen LogP contribution in [0.3, 0.4) is 0 Å². The molecular formula is C19H19BrClN3O3. The van der Waals surface area contributed by atoms with E-state index in [-0.39, 0.29) is 18.6 Å². The second-order valence-electron chi connectivity index (χ2n) is 6.13. The maximum atomic E-state index is 12.2. The number of benzene rings is 2. The monoisotopic (exact) mass is 451 g/mol. The third-order valence-corrected chi connectivity index (χ3v) is 5.05. The number of hydrazine groups is 1. The normalized spacial score (nSPS) is 17.3. The maximum absolute atomic E-state index is 12.2. The molecular weight excluding hydrogens is 434 g/mol. The summed E-state index contributed by atoms with van der Waals surface area (Å²) >= 11 is 9.39. The number of halogens is 2. The lowest BCUT2D eigenvalue weighted by molar-refractivity contribution is -0.125. The van der Waals surface area contributed by atoms with Crippen LogP contribution in [0.25, 0.3) is 0 Å². The summed E-state index contributed by atoms with van der Waals surface area (Å²) in [4.78, 5) is 26.2. The van der Waals surface area contributed by atoms with Crippen molar-refractivity contribution in [2.75, 3.05) is 26.2 Å². The van der Waals surface area contributed by atoms with Gasteiger partial charge in [-0.1, -0.05) is 51.8 Å². The molecule has 1 saturated heterocycles. The van der Waals surface area contributed by atoms with Gasteiger partial charge in [0.2, 0.25) is 0 Å². The number of nitrogens with one attached hydrogen (secondary N) is 2. The number of carbonyl (C=O) groups is 2. The lowest BCUT2D eigenvalue weighted by atomic mass is 10.1. The highest BCUT2D eigenvalue weighted by Gasteiger charge is 2.23. The summed E-state index contributed by atoms with van der Waals surface area (Å²) in [6.07, 6.45) is -0.0858.